The van der Waals surface area contributed by atoms with Gasteiger partial charge in [0, 0.05) is 26.0 Å². The maximum absolute atomic E-state index is 5.10. The summed E-state index contributed by atoms with van der Waals surface area (Å²) >= 11 is 1.77. The summed E-state index contributed by atoms with van der Waals surface area (Å²) in [5.74, 6) is 4.47. The van der Waals surface area contributed by atoms with Gasteiger partial charge in [-0.1, -0.05) is 5.92 Å². The van der Waals surface area contributed by atoms with E-state index in [4.69, 9.17) is 11.2 Å². The molecule has 0 aromatic rings. The SMILES string of the molecule is C#CCSCCNCC(C)OC. The van der Waals surface area contributed by atoms with E-state index in [0.717, 1.165) is 24.6 Å². The summed E-state index contributed by atoms with van der Waals surface area (Å²) in [6, 6.07) is 0. The summed E-state index contributed by atoms with van der Waals surface area (Å²) in [4.78, 5) is 0. The Hall–Kier alpha value is -0.170. The van der Waals surface area contributed by atoms with Crippen LogP contribution in [0, 0.1) is 12.3 Å². The van der Waals surface area contributed by atoms with Crippen LogP contribution >= 0.6 is 11.8 Å². The molecule has 3 heteroatoms. The lowest BCUT2D eigenvalue weighted by Crippen LogP contribution is -2.27. The highest BCUT2D eigenvalue weighted by Crippen LogP contribution is 1.95. The lowest BCUT2D eigenvalue weighted by atomic mass is 10.4. The number of rotatable bonds is 7. The third-order valence-corrected chi connectivity index (χ3v) is 2.31. The first-order valence-electron chi connectivity index (χ1n) is 4.06. The van der Waals surface area contributed by atoms with Crippen LogP contribution in [0.4, 0.5) is 0 Å². The Balaban J connectivity index is 2.96. The summed E-state index contributed by atoms with van der Waals surface area (Å²) in [5.41, 5.74) is 0. The summed E-state index contributed by atoms with van der Waals surface area (Å²) < 4.78 is 5.08. The fourth-order valence-electron chi connectivity index (χ4n) is 0.664. The van der Waals surface area contributed by atoms with E-state index >= 15 is 0 Å². The van der Waals surface area contributed by atoms with Gasteiger partial charge < -0.3 is 10.1 Å². The van der Waals surface area contributed by atoms with E-state index in [-0.39, 0.29) is 0 Å². The van der Waals surface area contributed by atoms with Crippen LogP contribution in [0.25, 0.3) is 0 Å². The molecule has 0 rings (SSSR count). The Kier molecular flexibility index (Phi) is 8.80. The van der Waals surface area contributed by atoms with Crippen molar-refractivity contribution in [1.82, 2.24) is 5.32 Å². The molecule has 2 nitrogen and oxygen atoms in total. The van der Waals surface area contributed by atoms with Gasteiger partial charge >= 0.3 is 0 Å². The summed E-state index contributed by atoms with van der Waals surface area (Å²) in [6.07, 6.45) is 5.40. The van der Waals surface area contributed by atoms with Crippen molar-refractivity contribution in [2.24, 2.45) is 0 Å². The van der Waals surface area contributed by atoms with E-state index in [1.54, 1.807) is 18.9 Å². The van der Waals surface area contributed by atoms with Crippen LogP contribution in [0.5, 0.6) is 0 Å². The Morgan fingerprint density at radius 3 is 3.00 bits per heavy atom. The molecule has 0 aliphatic heterocycles. The molecule has 0 saturated heterocycles. The minimum atomic E-state index is 0.294. The summed E-state index contributed by atoms with van der Waals surface area (Å²) in [5, 5.41) is 3.28. The monoisotopic (exact) mass is 187 g/mol. The van der Waals surface area contributed by atoms with Crippen LogP contribution in [0.15, 0.2) is 0 Å². The highest BCUT2D eigenvalue weighted by atomic mass is 32.2. The number of hydrogen-bond acceptors (Lipinski definition) is 3. The molecule has 0 aliphatic rings. The second-order valence-electron chi connectivity index (χ2n) is 2.51. The van der Waals surface area contributed by atoms with E-state index in [2.05, 4.69) is 11.2 Å². The van der Waals surface area contributed by atoms with E-state index in [1.165, 1.54) is 0 Å². The van der Waals surface area contributed by atoms with Gasteiger partial charge in [0.2, 0.25) is 0 Å². The lowest BCUT2D eigenvalue weighted by Gasteiger charge is -2.09. The molecule has 70 valence electrons. The molecule has 0 bridgehead atoms. The van der Waals surface area contributed by atoms with E-state index in [0.29, 0.717) is 6.10 Å². The molecule has 0 saturated carbocycles. The molecule has 0 aliphatic carbocycles. The zero-order valence-electron chi connectivity index (χ0n) is 7.80. The van der Waals surface area contributed by atoms with Gasteiger partial charge in [-0.15, -0.1) is 18.2 Å². The van der Waals surface area contributed by atoms with Crippen molar-refractivity contribution in [2.45, 2.75) is 13.0 Å². The van der Waals surface area contributed by atoms with Gasteiger partial charge in [0.1, 0.15) is 0 Å². The smallest absolute Gasteiger partial charge is 0.0667 e. The minimum Gasteiger partial charge on any atom is -0.380 e. The van der Waals surface area contributed by atoms with Gasteiger partial charge in [0.05, 0.1) is 11.9 Å². The van der Waals surface area contributed by atoms with E-state index in [1.807, 2.05) is 6.92 Å². The van der Waals surface area contributed by atoms with Gasteiger partial charge in [-0.25, -0.2) is 0 Å². The van der Waals surface area contributed by atoms with Crippen LogP contribution in [-0.2, 0) is 4.74 Å². The molecular weight excluding hydrogens is 170 g/mol. The zero-order valence-corrected chi connectivity index (χ0v) is 8.62. The van der Waals surface area contributed by atoms with Crippen molar-refractivity contribution < 1.29 is 4.74 Å². The predicted molar refractivity (Wildman–Crippen MR) is 55.5 cm³/mol. The highest BCUT2D eigenvalue weighted by Gasteiger charge is 1.96. The minimum absolute atomic E-state index is 0.294. The zero-order chi connectivity index (χ0) is 9.23. The lowest BCUT2D eigenvalue weighted by molar-refractivity contribution is 0.118. The van der Waals surface area contributed by atoms with Crippen LogP contribution in [0.3, 0.4) is 0 Å². The Morgan fingerprint density at radius 2 is 2.42 bits per heavy atom. The number of nitrogens with one attached hydrogen (secondary N) is 1. The fraction of sp³-hybridized carbons (Fsp3) is 0.778. The molecule has 12 heavy (non-hydrogen) atoms. The van der Waals surface area contributed by atoms with Crippen LogP contribution < -0.4 is 5.32 Å². The van der Waals surface area contributed by atoms with Crippen molar-refractivity contribution in [2.75, 3.05) is 31.7 Å². The first-order valence-corrected chi connectivity index (χ1v) is 5.21. The molecule has 1 N–H and O–H groups in total. The molecule has 0 heterocycles. The molecule has 0 spiro atoms. The van der Waals surface area contributed by atoms with Gasteiger partial charge in [0.25, 0.3) is 0 Å². The number of methoxy groups -OCH3 is 1. The quantitative estimate of drug-likeness (QED) is 0.474. The standard InChI is InChI=1S/C9H17NOS/c1-4-6-12-7-5-10-8-9(2)11-3/h1,9-10H,5-8H2,2-3H3. The molecule has 0 fully saturated rings. The van der Waals surface area contributed by atoms with E-state index in [9.17, 15) is 0 Å². The average Bonchev–Trinajstić information content (AvgIpc) is 2.10. The van der Waals surface area contributed by atoms with Crippen LogP contribution in [0.2, 0.25) is 0 Å². The third kappa shape index (κ3) is 7.93. The fourth-order valence-corrected chi connectivity index (χ4v) is 1.21. The number of hydrogen-bond donors (Lipinski definition) is 1. The predicted octanol–water partition coefficient (Wildman–Crippen LogP) is 0.977. The molecule has 1 atom stereocenters. The topological polar surface area (TPSA) is 21.3 Å². The van der Waals surface area contributed by atoms with E-state index < -0.39 is 0 Å². The highest BCUT2D eigenvalue weighted by molar-refractivity contribution is 7.99. The number of ether oxygens (including phenoxy) is 1. The Bertz CT molecular complexity index is 133. The van der Waals surface area contributed by atoms with Crippen molar-refractivity contribution in [3.63, 3.8) is 0 Å². The van der Waals surface area contributed by atoms with Gasteiger partial charge in [0.15, 0.2) is 0 Å². The van der Waals surface area contributed by atoms with Crippen LogP contribution in [-0.4, -0.2) is 37.8 Å². The van der Waals surface area contributed by atoms with Gasteiger partial charge in [-0.3, -0.25) is 0 Å². The molecular formula is C9H17NOS. The third-order valence-electron chi connectivity index (χ3n) is 1.44. The molecule has 0 amide bonds. The maximum Gasteiger partial charge on any atom is 0.0667 e. The van der Waals surface area contributed by atoms with Crippen LogP contribution in [0.1, 0.15) is 6.92 Å². The average molecular weight is 187 g/mol. The second kappa shape index (κ2) is 8.92. The Morgan fingerprint density at radius 1 is 1.67 bits per heavy atom. The first kappa shape index (κ1) is 11.8. The van der Waals surface area contributed by atoms with Crippen molar-refractivity contribution in [1.29, 1.82) is 0 Å². The normalized spacial score (nSPS) is 12.4. The number of terminal acetylenes is 1. The second-order valence-corrected chi connectivity index (χ2v) is 3.61. The summed E-state index contributed by atoms with van der Waals surface area (Å²) in [6.45, 7) is 3.95. The van der Waals surface area contributed by atoms with Gasteiger partial charge in [-0.2, -0.15) is 0 Å². The summed E-state index contributed by atoms with van der Waals surface area (Å²) in [7, 11) is 1.72. The van der Waals surface area contributed by atoms with Crippen molar-refractivity contribution in [3.05, 3.63) is 0 Å². The molecule has 0 aromatic carbocycles. The molecule has 0 radical (unpaired) electrons. The molecule has 1 unspecified atom stereocenters. The van der Waals surface area contributed by atoms with Crippen molar-refractivity contribution >= 4 is 11.8 Å². The first-order chi connectivity index (χ1) is 5.81. The van der Waals surface area contributed by atoms with Crippen molar-refractivity contribution in [3.8, 4) is 12.3 Å². The Labute approximate surface area is 79.4 Å². The van der Waals surface area contributed by atoms with Gasteiger partial charge in [-0.05, 0) is 6.92 Å². The number of thioether (sulfide) groups is 1. The largest absolute Gasteiger partial charge is 0.380 e. The maximum atomic E-state index is 5.10. The molecule has 0 aromatic heterocycles.